The fourth-order valence-electron chi connectivity index (χ4n) is 4.28. The van der Waals surface area contributed by atoms with E-state index in [2.05, 4.69) is 29.0 Å². The van der Waals surface area contributed by atoms with Crippen molar-refractivity contribution in [2.45, 2.75) is 52.0 Å². The molecule has 1 aromatic heterocycles. The number of hydrogen-bond acceptors (Lipinski definition) is 7. The summed E-state index contributed by atoms with van der Waals surface area (Å²) < 4.78 is 29.2. The first-order chi connectivity index (χ1) is 16.4. The molecule has 1 N–H and O–H groups in total. The summed E-state index contributed by atoms with van der Waals surface area (Å²) in [6.45, 7) is 10.2. The second-order valence-electron chi connectivity index (χ2n) is 10.2. The van der Waals surface area contributed by atoms with Gasteiger partial charge in [0.15, 0.2) is 15.6 Å². The van der Waals surface area contributed by atoms with Crippen molar-refractivity contribution in [3.8, 4) is 0 Å². The van der Waals surface area contributed by atoms with Crippen LogP contribution in [0.1, 0.15) is 46.1 Å². The van der Waals surface area contributed by atoms with Gasteiger partial charge in [0.05, 0.1) is 16.4 Å². The number of Topliss-reactive ketones (excluding diaryl/α,β-unsaturated/α-hetero) is 1. The number of rotatable bonds is 10. The Morgan fingerprint density at radius 3 is 2.49 bits per heavy atom. The number of ether oxygens (including phenoxy) is 1. The van der Waals surface area contributed by atoms with E-state index in [1.165, 1.54) is 0 Å². The number of carbonyl (C=O) groups excluding carboxylic acids is 1. The Hall–Kier alpha value is -2.16. The predicted molar refractivity (Wildman–Crippen MR) is 143 cm³/mol. The van der Waals surface area contributed by atoms with Crippen molar-refractivity contribution in [3.63, 3.8) is 0 Å². The van der Waals surface area contributed by atoms with Gasteiger partial charge < -0.3 is 15.0 Å². The molecule has 0 amide bonds. The Kier molecular flexibility index (Phi) is 8.83. The van der Waals surface area contributed by atoms with Gasteiger partial charge in [-0.1, -0.05) is 31.5 Å². The number of halogens is 1. The molecular formula is C26H36ClN3O4S. The summed E-state index contributed by atoms with van der Waals surface area (Å²) in [5.41, 5.74) is 1.58. The summed E-state index contributed by atoms with van der Waals surface area (Å²) in [5.74, 6) is 0.230. The number of sulfone groups is 1. The SMILES string of the molecule is CC(C)CN(c1ccc(C(C)(C)C(=O)CS(C)(=O)=O)cc1Nc1ccc(Cl)cn1)C1CCOCC1. The lowest BCUT2D eigenvalue weighted by molar-refractivity contribution is -0.121. The largest absolute Gasteiger partial charge is 0.381 e. The second-order valence-corrected chi connectivity index (χ2v) is 12.8. The van der Waals surface area contributed by atoms with Crippen LogP contribution in [-0.4, -0.2) is 57.0 Å². The first-order valence-electron chi connectivity index (χ1n) is 12.0. The minimum Gasteiger partial charge on any atom is -0.381 e. The van der Waals surface area contributed by atoms with Crippen molar-refractivity contribution in [3.05, 3.63) is 47.1 Å². The van der Waals surface area contributed by atoms with Gasteiger partial charge in [-0.3, -0.25) is 4.79 Å². The molecule has 1 aliphatic heterocycles. The molecule has 192 valence electrons. The van der Waals surface area contributed by atoms with Gasteiger partial charge in [0.25, 0.3) is 0 Å². The number of benzene rings is 1. The maximum atomic E-state index is 12.9. The molecule has 3 rings (SSSR count). The molecule has 7 nitrogen and oxygen atoms in total. The monoisotopic (exact) mass is 521 g/mol. The van der Waals surface area contributed by atoms with Gasteiger partial charge in [0, 0.05) is 43.7 Å². The summed E-state index contributed by atoms with van der Waals surface area (Å²) in [4.78, 5) is 19.8. The Morgan fingerprint density at radius 1 is 1.23 bits per heavy atom. The highest BCUT2D eigenvalue weighted by Gasteiger charge is 2.33. The molecule has 9 heteroatoms. The molecule has 1 saturated heterocycles. The highest BCUT2D eigenvalue weighted by atomic mass is 35.5. The zero-order chi connectivity index (χ0) is 25.8. The zero-order valence-electron chi connectivity index (χ0n) is 21.2. The predicted octanol–water partition coefficient (Wildman–Crippen LogP) is 5.01. The Balaban J connectivity index is 2.07. The lowest BCUT2D eigenvalue weighted by Gasteiger charge is -2.39. The van der Waals surface area contributed by atoms with Crippen molar-refractivity contribution in [1.29, 1.82) is 0 Å². The van der Waals surface area contributed by atoms with Gasteiger partial charge in [-0.05, 0) is 62.4 Å². The molecule has 0 saturated carbocycles. The van der Waals surface area contributed by atoms with Gasteiger partial charge >= 0.3 is 0 Å². The van der Waals surface area contributed by atoms with Crippen molar-refractivity contribution in [1.82, 2.24) is 4.98 Å². The van der Waals surface area contributed by atoms with Gasteiger partial charge in [0.1, 0.15) is 11.6 Å². The summed E-state index contributed by atoms with van der Waals surface area (Å²) >= 11 is 6.03. The quantitative estimate of drug-likeness (QED) is 0.470. The number of anilines is 3. The van der Waals surface area contributed by atoms with E-state index in [1.54, 1.807) is 32.2 Å². The third-order valence-corrected chi connectivity index (χ3v) is 7.31. The molecule has 2 heterocycles. The lowest BCUT2D eigenvalue weighted by atomic mass is 9.80. The summed E-state index contributed by atoms with van der Waals surface area (Å²) in [6, 6.07) is 9.81. The average molecular weight is 522 g/mol. The van der Waals surface area contributed by atoms with Crippen LogP contribution in [0.4, 0.5) is 17.2 Å². The normalized spacial score (nSPS) is 15.3. The summed E-state index contributed by atoms with van der Waals surface area (Å²) in [5, 5.41) is 3.96. The van der Waals surface area contributed by atoms with Gasteiger partial charge in [0.2, 0.25) is 0 Å². The number of pyridine rings is 1. The highest BCUT2D eigenvalue weighted by molar-refractivity contribution is 7.91. The Labute approximate surface area is 214 Å². The van der Waals surface area contributed by atoms with Crippen molar-refractivity contribution in [2.24, 2.45) is 5.92 Å². The number of nitrogens with one attached hydrogen (secondary N) is 1. The zero-order valence-corrected chi connectivity index (χ0v) is 22.7. The van der Waals surface area contributed by atoms with Gasteiger partial charge in [-0.25, -0.2) is 13.4 Å². The van der Waals surface area contributed by atoms with Crippen LogP contribution in [-0.2, 0) is 24.8 Å². The van der Waals surface area contributed by atoms with Crippen LogP contribution in [0.15, 0.2) is 36.5 Å². The minimum absolute atomic E-state index is 0.329. The van der Waals surface area contributed by atoms with Crippen LogP contribution in [0, 0.1) is 5.92 Å². The van der Waals surface area contributed by atoms with E-state index in [9.17, 15) is 13.2 Å². The first-order valence-corrected chi connectivity index (χ1v) is 14.4. The van der Waals surface area contributed by atoms with E-state index >= 15 is 0 Å². The molecule has 0 spiro atoms. The summed E-state index contributed by atoms with van der Waals surface area (Å²) in [6.07, 6.45) is 4.54. The molecule has 1 fully saturated rings. The maximum absolute atomic E-state index is 12.9. The van der Waals surface area contributed by atoms with Crippen molar-refractivity contribution in [2.75, 3.05) is 42.0 Å². The molecule has 35 heavy (non-hydrogen) atoms. The minimum atomic E-state index is -3.43. The fraction of sp³-hybridized carbons (Fsp3) is 0.538. The Morgan fingerprint density at radius 2 is 1.91 bits per heavy atom. The van der Waals surface area contributed by atoms with Crippen LogP contribution < -0.4 is 10.2 Å². The smallest absolute Gasteiger partial charge is 0.157 e. The van der Waals surface area contributed by atoms with Crippen LogP contribution >= 0.6 is 11.6 Å². The number of aromatic nitrogens is 1. The van der Waals surface area contributed by atoms with E-state index < -0.39 is 21.0 Å². The number of carbonyl (C=O) groups is 1. The molecule has 0 aliphatic carbocycles. The van der Waals surface area contributed by atoms with E-state index in [0.29, 0.717) is 22.8 Å². The van der Waals surface area contributed by atoms with Gasteiger partial charge in [-0.15, -0.1) is 0 Å². The van der Waals surface area contributed by atoms with Crippen molar-refractivity contribution < 1.29 is 17.9 Å². The Bertz CT molecular complexity index is 1130. The third-order valence-electron chi connectivity index (χ3n) is 6.30. The topological polar surface area (TPSA) is 88.6 Å². The van der Waals surface area contributed by atoms with Gasteiger partial charge in [-0.2, -0.15) is 0 Å². The third kappa shape index (κ3) is 7.41. The van der Waals surface area contributed by atoms with Crippen LogP contribution in [0.25, 0.3) is 0 Å². The molecule has 2 aromatic rings. The molecule has 0 unspecified atom stereocenters. The molecule has 0 atom stereocenters. The average Bonchev–Trinajstić information content (AvgIpc) is 2.78. The molecule has 1 aromatic carbocycles. The van der Waals surface area contributed by atoms with Crippen LogP contribution in [0.5, 0.6) is 0 Å². The first kappa shape index (κ1) is 27.4. The molecule has 1 aliphatic rings. The highest BCUT2D eigenvalue weighted by Crippen LogP contribution is 2.37. The maximum Gasteiger partial charge on any atom is 0.157 e. The molecular weight excluding hydrogens is 486 g/mol. The van der Waals surface area contributed by atoms with E-state index in [-0.39, 0.29) is 5.78 Å². The standard InChI is InChI=1S/C26H36ClN3O4S/c1-18(2)16-30(21-10-12-34-13-11-21)23-8-6-19(26(3,4)24(31)17-35(5,32)33)14-22(23)29-25-9-7-20(27)15-28-25/h6-9,14-15,18,21H,10-13,16-17H2,1-5H3,(H,28,29). The number of hydrogen-bond donors (Lipinski definition) is 1. The molecule has 0 radical (unpaired) electrons. The second kappa shape index (κ2) is 11.3. The number of nitrogens with zero attached hydrogens (tertiary/aromatic N) is 2. The number of ketones is 1. The van der Waals surface area contributed by atoms with Crippen molar-refractivity contribution >= 4 is 44.4 Å². The fourth-order valence-corrected chi connectivity index (χ4v) is 5.23. The van der Waals surface area contributed by atoms with Crippen LogP contribution in [0.3, 0.4) is 0 Å². The molecule has 0 bridgehead atoms. The van der Waals surface area contributed by atoms with E-state index in [1.807, 2.05) is 18.2 Å². The lowest BCUT2D eigenvalue weighted by Crippen LogP contribution is -2.42. The summed E-state index contributed by atoms with van der Waals surface area (Å²) in [7, 11) is -3.43. The van der Waals surface area contributed by atoms with E-state index in [0.717, 1.165) is 55.8 Å². The van der Waals surface area contributed by atoms with Crippen LogP contribution in [0.2, 0.25) is 5.02 Å². The van der Waals surface area contributed by atoms with E-state index in [4.69, 9.17) is 16.3 Å².